The zero-order chi connectivity index (χ0) is 16.2. The molecule has 4 nitrogen and oxygen atoms in total. The molecule has 0 atom stereocenters. The zero-order valence-electron chi connectivity index (χ0n) is 11.9. The van der Waals surface area contributed by atoms with E-state index in [9.17, 15) is 13.6 Å². The van der Waals surface area contributed by atoms with E-state index in [4.69, 9.17) is 4.42 Å². The van der Waals surface area contributed by atoms with Crippen molar-refractivity contribution >= 4 is 28.8 Å². The monoisotopic (exact) mass is 334 g/mol. The summed E-state index contributed by atoms with van der Waals surface area (Å²) in [6.45, 7) is -0.203. The van der Waals surface area contributed by atoms with Crippen LogP contribution >= 0.6 is 11.8 Å². The molecule has 7 heteroatoms. The predicted molar refractivity (Wildman–Crippen MR) is 82.9 cm³/mol. The topological polar surface area (TPSA) is 55.1 Å². The Morgan fingerprint density at radius 3 is 2.61 bits per heavy atom. The largest absolute Gasteiger partial charge is 0.431 e. The number of thioether (sulfide) groups is 1. The van der Waals surface area contributed by atoms with Crippen molar-refractivity contribution in [1.29, 1.82) is 0 Å². The lowest BCUT2D eigenvalue weighted by molar-refractivity contribution is -0.118. The first-order valence-corrected chi connectivity index (χ1v) is 7.80. The van der Waals surface area contributed by atoms with Gasteiger partial charge in [0.05, 0.1) is 5.75 Å². The van der Waals surface area contributed by atoms with E-state index in [0.717, 1.165) is 23.9 Å². The van der Waals surface area contributed by atoms with E-state index < -0.39 is 11.6 Å². The van der Waals surface area contributed by atoms with Gasteiger partial charge in [-0.25, -0.2) is 13.8 Å². The van der Waals surface area contributed by atoms with Gasteiger partial charge in [0, 0.05) is 12.1 Å². The first kappa shape index (κ1) is 15.5. The smallest absolute Gasteiger partial charge is 0.257 e. The van der Waals surface area contributed by atoms with E-state index >= 15 is 0 Å². The van der Waals surface area contributed by atoms with Crippen LogP contribution in [0.25, 0.3) is 11.1 Å². The third-order valence-electron chi connectivity index (χ3n) is 3.13. The fraction of sp³-hybridized carbons (Fsp3) is 0.125. The van der Waals surface area contributed by atoms with Gasteiger partial charge in [-0.15, -0.1) is 0 Å². The van der Waals surface area contributed by atoms with E-state index in [1.807, 2.05) is 18.2 Å². The van der Waals surface area contributed by atoms with Crippen LogP contribution in [-0.4, -0.2) is 16.6 Å². The summed E-state index contributed by atoms with van der Waals surface area (Å²) < 4.78 is 32.4. The van der Waals surface area contributed by atoms with Crippen molar-refractivity contribution in [3.8, 4) is 0 Å². The average Bonchev–Trinajstić information content (AvgIpc) is 2.95. The highest BCUT2D eigenvalue weighted by molar-refractivity contribution is 7.99. The fourth-order valence-corrected chi connectivity index (χ4v) is 2.65. The summed E-state index contributed by atoms with van der Waals surface area (Å²) in [5.74, 6) is -1.68. The van der Waals surface area contributed by atoms with Gasteiger partial charge in [0.25, 0.3) is 5.22 Å². The first-order valence-electron chi connectivity index (χ1n) is 6.81. The second-order valence-electron chi connectivity index (χ2n) is 4.71. The molecule has 0 spiro atoms. The number of nitrogens with one attached hydrogen (secondary N) is 1. The van der Waals surface area contributed by atoms with Gasteiger partial charge in [-0.2, -0.15) is 0 Å². The van der Waals surface area contributed by atoms with Gasteiger partial charge < -0.3 is 9.73 Å². The molecule has 1 N–H and O–H groups in total. The minimum atomic E-state index is -0.683. The quantitative estimate of drug-likeness (QED) is 0.726. The standard InChI is InChI=1S/C16H12F2N2O2S/c17-11-4-3-5-12(18)10(11)8-19-15(21)9-23-16-20-13-6-1-2-7-14(13)22-16/h1-7H,8-9H2,(H,19,21). The van der Waals surface area contributed by atoms with Crippen molar-refractivity contribution in [3.05, 3.63) is 59.7 Å². The molecular formula is C16H12F2N2O2S. The maximum absolute atomic E-state index is 13.4. The van der Waals surface area contributed by atoms with E-state index in [2.05, 4.69) is 10.3 Å². The summed E-state index contributed by atoms with van der Waals surface area (Å²) in [7, 11) is 0. The van der Waals surface area contributed by atoms with E-state index in [1.54, 1.807) is 6.07 Å². The number of oxazole rings is 1. The lowest BCUT2D eigenvalue weighted by Gasteiger charge is -2.06. The molecule has 118 valence electrons. The Bertz CT molecular complexity index is 798. The number of nitrogens with zero attached hydrogens (tertiary/aromatic N) is 1. The number of aromatic nitrogens is 1. The molecule has 23 heavy (non-hydrogen) atoms. The summed E-state index contributed by atoms with van der Waals surface area (Å²) in [4.78, 5) is 16.0. The van der Waals surface area contributed by atoms with Gasteiger partial charge in [0.1, 0.15) is 17.2 Å². The Balaban J connectivity index is 1.55. The van der Waals surface area contributed by atoms with Crippen LogP contribution < -0.4 is 5.32 Å². The highest BCUT2D eigenvalue weighted by Gasteiger charge is 2.12. The molecule has 3 aromatic rings. The molecule has 1 heterocycles. The van der Waals surface area contributed by atoms with Crippen molar-refractivity contribution < 1.29 is 18.0 Å². The lowest BCUT2D eigenvalue weighted by atomic mass is 10.2. The molecule has 0 saturated carbocycles. The third-order valence-corrected chi connectivity index (χ3v) is 3.95. The summed E-state index contributed by atoms with van der Waals surface area (Å²) in [5.41, 5.74) is 1.19. The van der Waals surface area contributed by atoms with Gasteiger partial charge in [0.2, 0.25) is 5.91 Å². The molecule has 2 aromatic carbocycles. The normalized spacial score (nSPS) is 10.9. The van der Waals surface area contributed by atoms with Crippen molar-refractivity contribution in [3.63, 3.8) is 0 Å². The Hall–Kier alpha value is -2.41. The summed E-state index contributed by atoms with van der Waals surface area (Å²) in [6.07, 6.45) is 0. The number of fused-ring (bicyclic) bond motifs is 1. The Morgan fingerprint density at radius 2 is 1.87 bits per heavy atom. The van der Waals surface area contributed by atoms with Gasteiger partial charge in [-0.3, -0.25) is 4.79 Å². The minimum absolute atomic E-state index is 0.0445. The molecule has 0 unspecified atom stereocenters. The van der Waals surface area contributed by atoms with Crippen molar-refractivity contribution in [1.82, 2.24) is 10.3 Å². The molecule has 1 aromatic heterocycles. The fourth-order valence-electron chi connectivity index (χ4n) is 1.98. The lowest BCUT2D eigenvalue weighted by Crippen LogP contribution is -2.25. The Kier molecular flexibility index (Phi) is 4.57. The predicted octanol–water partition coefficient (Wildman–Crippen LogP) is 3.51. The van der Waals surface area contributed by atoms with Crippen molar-refractivity contribution in [2.45, 2.75) is 11.8 Å². The second-order valence-corrected chi connectivity index (χ2v) is 5.64. The Morgan fingerprint density at radius 1 is 1.13 bits per heavy atom. The van der Waals surface area contributed by atoms with Crippen molar-refractivity contribution in [2.75, 3.05) is 5.75 Å². The highest BCUT2D eigenvalue weighted by Crippen LogP contribution is 2.22. The molecule has 0 saturated heterocycles. The summed E-state index contributed by atoms with van der Waals surface area (Å²) >= 11 is 1.12. The number of para-hydroxylation sites is 2. The van der Waals surface area contributed by atoms with Crippen LogP contribution in [0.1, 0.15) is 5.56 Å². The second kappa shape index (κ2) is 6.78. The SMILES string of the molecule is O=C(CSc1nc2ccccc2o1)NCc1c(F)cccc1F. The number of amides is 1. The average molecular weight is 334 g/mol. The van der Waals surface area contributed by atoms with Crippen LogP contribution in [0, 0.1) is 11.6 Å². The van der Waals surface area contributed by atoms with Gasteiger partial charge in [-0.05, 0) is 24.3 Å². The van der Waals surface area contributed by atoms with Gasteiger partial charge in [0.15, 0.2) is 5.58 Å². The number of carbonyl (C=O) groups is 1. The number of carbonyl (C=O) groups excluding carboxylic acids is 1. The third kappa shape index (κ3) is 3.68. The number of hydrogen-bond acceptors (Lipinski definition) is 4. The van der Waals surface area contributed by atoms with Gasteiger partial charge >= 0.3 is 0 Å². The molecule has 0 bridgehead atoms. The number of hydrogen-bond donors (Lipinski definition) is 1. The molecule has 3 rings (SSSR count). The Labute approximate surface area is 134 Å². The number of rotatable bonds is 5. The highest BCUT2D eigenvalue weighted by atomic mass is 32.2. The van der Waals surface area contributed by atoms with E-state index in [-0.39, 0.29) is 23.8 Å². The van der Waals surface area contributed by atoms with E-state index in [1.165, 1.54) is 6.07 Å². The molecule has 1 amide bonds. The van der Waals surface area contributed by atoms with E-state index in [0.29, 0.717) is 16.3 Å². The molecule has 0 fully saturated rings. The maximum atomic E-state index is 13.4. The molecule has 0 radical (unpaired) electrons. The molecule has 0 aliphatic heterocycles. The van der Waals surface area contributed by atoms with Crippen molar-refractivity contribution in [2.24, 2.45) is 0 Å². The van der Waals surface area contributed by atoms with Crippen LogP contribution in [0.5, 0.6) is 0 Å². The number of benzene rings is 2. The molecular weight excluding hydrogens is 322 g/mol. The van der Waals surface area contributed by atoms with Crippen LogP contribution in [0.3, 0.4) is 0 Å². The zero-order valence-corrected chi connectivity index (χ0v) is 12.7. The van der Waals surface area contributed by atoms with Crippen LogP contribution in [0.15, 0.2) is 52.1 Å². The molecule has 0 aliphatic carbocycles. The minimum Gasteiger partial charge on any atom is -0.431 e. The van der Waals surface area contributed by atoms with Crippen LogP contribution in [0.4, 0.5) is 8.78 Å². The first-order chi connectivity index (χ1) is 11.1. The number of halogens is 2. The summed E-state index contributed by atoms with van der Waals surface area (Å²) in [6, 6.07) is 10.8. The van der Waals surface area contributed by atoms with Gasteiger partial charge in [-0.1, -0.05) is 30.0 Å². The van der Waals surface area contributed by atoms with Crippen LogP contribution in [0.2, 0.25) is 0 Å². The van der Waals surface area contributed by atoms with Crippen LogP contribution in [-0.2, 0) is 11.3 Å². The molecule has 0 aliphatic rings. The maximum Gasteiger partial charge on any atom is 0.257 e. The summed E-state index contributed by atoms with van der Waals surface area (Å²) in [5, 5.41) is 2.85.